The Bertz CT molecular complexity index is 266. The van der Waals surface area contributed by atoms with E-state index in [0.29, 0.717) is 5.41 Å². The minimum Gasteiger partial charge on any atom is -0.345 e. The first-order valence-electron chi connectivity index (χ1n) is 6.50. The molecule has 0 N–H and O–H groups in total. The van der Waals surface area contributed by atoms with E-state index < -0.39 is 0 Å². The van der Waals surface area contributed by atoms with Crippen LogP contribution in [0.3, 0.4) is 0 Å². The van der Waals surface area contributed by atoms with E-state index in [0.717, 1.165) is 13.0 Å². The molecule has 17 heavy (non-hydrogen) atoms. The molecular weight excluding hydrogens is 210 g/mol. The molecular formula is C15H31NO. The van der Waals surface area contributed by atoms with Gasteiger partial charge in [0.1, 0.15) is 0 Å². The molecule has 0 aromatic heterocycles. The second-order valence-electron chi connectivity index (χ2n) is 8.31. The summed E-state index contributed by atoms with van der Waals surface area (Å²) in [6.45, 7) is 18.0. The lowest BCUT2D eigenvalue weighted by Gasteiger charge is -2.37. The Morgan fingerprint density at radius 1 is 0.941 bits per heavy atom. The molecule has 0 aromatic carbocycles. The molecule has 0 saturated carbocycles. The van der Waals surface area contributed by atoms with E-state index >= 15 is 0 Å². The minimum absolute atomic E-state index is 0.161. The molecule has 0 fully saturated rings. The zero-order valence-electron chi connectivity index (χ0n) is 13.3. The van der Waals surface area contributed by atoms with Crippen molar-refractivity contribution in [2.75, 3.05) is 13.6 Å². The standard InChI is InChI=1S/C15H31NO/c1-13(2,3)10-15(7,8)11-16(9)12(17)14(4,5)6/h10-11H2,1-9H3. The van der Waals surface area contributed by atoms with E-state index in [-0.39, 0.29) is 16.7 Å². The lowest BCUT2D eigenvalue weighted by Crippen LogP contribution is -2.42. The van der Waals surface area contributed by atoms with Crippen LogP contribution in [0.2, 0.25) is 0 Å². The highest BCUT2D eigenvalue weighted by Crippen LogP contribution is 2.34. The molecule has 0 rings (SSSR count). The summed E-state index contributed by atoms with van der Waals surface area (Å²) in [7, 11) is 1.91. The maximum absolute atomic E-state index is 12.1. The van der Waals surface area contributed by atoms with Crippen molar-refractivity contribution in [3.63, 3.8) is 0 Å². The van der Waals surface area contributed by atoms with E-state index in [2.05, 4.69) is 34.6 Å². The van der Waals surface area contributed by atoms with Gasteiger partial charge in [-0.1, -0.05) is 55.4 Å². The number of hydrogen-bond donors (Lipinski definition) is 0. The number of hydrogen-bond acceptors (Lipinski definition) is 1. The number of rotatable bonds is 3. The van der Waals surface area contributed by atoms with E-state index in [1.807, 2.05) is 32.7 Å². The third kappa shape index (κ3) is 6.70. The van der Waals surface area contributed by atoms with Crippen LogP contribution < -0.4 is 0 Å². The average molecular weight is 241 g/mol. The maximum Gasteiger partial charge on any atom is 0.227 e. The van der Waals surface area contributed by atoms with Crippen molar-refractivity contribution < 1.29 is 4.79 Å². The first-order chi connectivity index (χ1) is 7.25. The highest BCUT2D eigenvalue weighted by Gasteiger charge is 2.31. The van der Waals surface area contributed by atoms with Gasteiger partial charge in [0.15, 0.2) is 0 Å². The fourth-order valence-corrected chi connectivity index (χ4v) is 2.78. The number of carbonyl (C=O) groups excluding carboxylic acids is 1. The molecule has 1 amide bonds. The Kier molecular flexibility index (Phi) is 4.84. The highest BCUT2D eigenvalue weighted by atomic mass is 16.2. The van der Waals surface area contributed by atoms with Crippen LogP contribution in [0.25, 0.3) is 0 Å². The van der Waals surface area contributed by atoms with Crippen LogP contribution in [-0.4, -0.2) is 24.4 Å². The molecule has 102 valence electrons. The summed E-state index contributed by atoms with van der Waals surface area (Å²) >= 11 is 0. The maximum atomic E-state index is 12.1. The van der Waals surface area contributed by atoms with Crippen molar-refractivity contribution in [3.8, 4) is 0 Å². The molecule has 0 aromatic rings. The summed E-state index contributed by atoms with van der Waals surface area (Å²) in [5.41, 5.74) is 0.176. The number of amides is 1. The SMILES string of the molecule is CN(CC(C)(C)CC(C)(C)C)C(=O)C(C)(C)C. The Labute approximate surface area is 108 Å². The summed E-state index contributed by atoms with van der Waals surface area (Å²) in [4.78, 5) is 14.0. The van der Waals surface area contributed by atoms with Crippen LogP contribution in [0.1, 0.15) is 61.8 Å². The predicted octanol–water partition coefficient (Wildman–Crippen LogP) is 3.95. The summed E-state index contributed by atoms with van der Waals surface area (Å²) in [5, 5.41) is 0. The molecule has 0 unspecified atom stereocenters. The second-order valence-corrected chi connectivity index (χ2v) is 8.31. The third-order valence-electron chi connectivity index (χ3n) is 2.66. The van der Waals surface area contributed by atoms with Crippen LogP contribution in [0.5, 0.6) is 0 Å². The molecule has 0 aliphatic carbocycles. The van der Waals surface area contributed by atoms with Gasteiger partial charge in [-0.2, -0.15) is 0 Å². The quantitative estimate of drug-likeness (QED) is 0.732. The Morgan fingerprint density at radius 3 is 1.65 bits per heavy atom. The first-order valence-corrected chi connectivity index (χ1v) is 6.50. The van der Waals surface area contributed by atoms with Gasteiger partial charge >= 0.3 is 0 Å². The van der Waals surface area contributed by atoms with Gasteiger partial charge in [0, 0.05) is 19.0 Å². The minimum atomic E-state index is -0.285. The average Bonchev–Trinajstić information content (AvgIpc) is 1.94. The van der Waals surface area contributed by atoms with Gasteiger partial charge in [-0.25, -0.2) is 0 Å². The summed E-state index contributed by atoms with van der Waals surface area (Å²) < 4.78 is 0. The van der Waals surface area contributed by atoms with Gasteiger partial charge in [0.25, 0.3) is 0 Å². The smallest absolute Gasteiger partial charge is 0.227 e. The summed E-state index contributed by atoms with van der Waals surface area (Å²) in [6.07, 6.45) is 1.11. The highest BCUT2D eigenvalue weighted by molar-refractivity contribution is 5.81. The van der Waals surface area contributed by atoms with Crippen LogP contribution in [0, 0.1) is 16.2 Å². The predicted molar refractivity (Wildman–Crippen MR) is 74.9 cm³/mol. The van der Waals surface area contributed by atoms with Crippen LogP contribution in [0.15, 0.2) is 0 Å². The summed E-state index contributed by atoms with van der Waals surface area (Å²) in [6, 6.07) is 0. The van der Waals surface area contributed by atoms with Crippen molar-refractivity contribution in [3.05, 3.63) is 0 Å². The van der Waals surface area contributed by atoms with E-state index in [1.54, 1.807) is 0 Å². The molecule has 0 aliphatic heterocycles. The molecule has 0 aliphatic rings. The van der Waals surface area contributed by atoms with Crippen molar-refractivity contribution >= 4 is 5.91 Å². The van der Waals surface area contributed by atoms with E-state index in [4.69, 9.17) is 0 Å². The molecule has 0 heterocycles. The third-order valence-corrected chi connectivity index (χ3v) is 2.66. The fraction of sp³-hybridized carbons (Fsp3) is 0.933. The topological polar surface area (TPSA) is 20.3 Å². The largest absolute Gasteiger partial charge is 0.345 e. The van der Waals surface area contributed by atoms with Gasteiger partial charge in [-0.05, 0) is 17.3 Å². The van der Waals surface area contributed by atoms with Crippen molar-refractivity contribution in [2.24, 2.45) is 16.2 Å². The van der Waals surface area contributed by atoms with Crippen LogP contribution in [0.4, 0.5) is 0 Å². The lowest BCUT2D eigenvalue weighted by atomic mass is 9.76. The molecule has 0 saturated heterocycles. The normalized spacial score (nSPS) is 13.7. The zero-order chi connectivity index (χ0) is 14.1. The molecule has 2 heteroatoms. The van der Waals surface area contributed by atoms with Crippen molar-refractivity contribution in [1.82, 2.24) is 4.90 Å². The monoisotopic (exact) mass is 241 g/mol. The first kappa shape index (κ1) is 16.5. The van der Waals surface area contributed by atoms with Gasteiger partial charge < -0.3 is 4.90 Å². The molecule has 0 atom stereocenters. The fourth-order valence-electron chi connectivity index (χ4n) is 2.78. The van der Waals surface area contributed by atoms with Gasteiger partial charge in [-0.3, -0.25) is 4.79 Å². The van der Waals surface area contributed by atoms with Crippen molar-refractivity contribution in [2.45, 2.75) is 61.8 Å². The zero-order valence-corrected chi connectivity index (χ0v) is 13.3. The molecule has 0 spiro atoms. The molecule has 0 radical (unpaired) electrons. The van der Waals surface area contributed by atoms with Crippen LogP contribution in [-0.2, 0) is 4.79 Å². The van der Waals surface area contributed by atoms with Gasteiger partial charge in [-0.15, -0.1) is 0 Å². The van der Waals surface area contributed by atoms with Crippen molar-refractivity contribution in [1.29, 1.82) is 0 Å². The second kappa shape index (κ2) is 4.99. The van der Waals surface area contributed by atoms with Gasteiger partial charge in [0.05, 0.1) is 0 Å². The lowest BCUT2D eigenvalue weighted by molar-refractivity contribution is -0.139. The molecule has 2 nitrogen and oxygen atoms in total. The van der Waals surface area contributed by atoms with Gasteiger partial charge in [0.2, 0.25) is 5.91 Å². The van der Waals surface area contributed by atoms with E-state index in [1.165, 1.54) is 0 Å². The number of nitrogens with zero attached hydrogens (tertiary/aromatic N) is 1. The Morgan fingerprint density at radius 2 is 1.35 bits per heavy atom. The molecule has 0 bridgehead atoms. The Balaban J connectivity index is 4.58. The Hall–Kier alpha value is -0.530. The van der Waals surface area contributed by atoms with Crippen LogP contribution >= 0.6 is 0 Å². The number of carbonyl (C=O) groups is 1. The summed E-state index contributed by atoms with van der Waals surface area (Å²) in [5.74, 6) is 0.222. The van der Waals surface area contributed by atoms with E-state index in [9.17, 15) is 4.79 Å².